The Morgan fingerprint density at radius 2 is 2.53 bits per heavy atom. The smallest absolute Gasteiger partial charge is 0.113 e. The lowest BCUT2D eigenvalue weighted by molar-refractivity contribution is 0.671. The largest absolute Gasteiger partial charge is 0.370 e. The number of fused-ring (bicyclic) bond motifs is 3. The van der Waals surface area contributed by atoms with E-state index < -0.39 is 0 Å². The molecule has 2 aromatic rings. The summed E-state index contributed by atoms with van der Waals surface area (Å²) in [5.41, 5.74) is 2.29. The van der Waals surface area contributed by atoms with Gasteiger partial charge in [-0.2, -0.15) is 5.26 Å². The Morgan fingerprint density at radius 1 is 1.60 bits per heavy atom. The molecular formula is C11H10N4. The van der Waals surface area contributed by atoms with Crippen molar-refractivity contribution in [3.05, 3.63) is 30.2 Å². The maximum Gasteiger partial charge on any atom is 0.113 e. The van der Waals surface area contributed by atoms with Crippen LogP contribution in [0.1, 0.15) is 5.56 Å². The Labute approximate surface area is 87.2 Å². The fourth-order valence-electron chi connectivity index (χ4n) is 2.09. The molecule has 0 saturated heterocycles. The topological polar surface area (TPSA) is 53.1 Å². The molecule has 0 aromatic carbocycles. The number of hydrogen-bond donors (Lipinski definition) is 1. The van der Waals surface area contributed by atoms with Crippen LogP contribution in [0.4, 0.5) is 5.82 Å². The first kappa shape index (κ1) is 8.30. The van der Waals surface area contributed by atoms with Crippen molar-refractivity contribution in [1.29, 1.82) is 5.26 Å². The minimum Gasteiger partial charge on any atom is -0.370 e. The number of nitrogens with one attached hydrogen (secondary N) is 1. The van der Waals surface area contributed by atoms with Gasteiger partial charge in [-0.15, -0.1) is 0 Å². The zero-order valence-corrected chi connectivity index (χ0v) is 8.14. The van der Waals surface area contributed by atoms with Crippen LogP contribution in [0.5, 0.6) is 0 Å². The molecule has 1 atom stereocenters. The normalized spacial score (nSPS) is 19.3. The van der Waals surface area contributed by atoms with E-state index in [0.29, 0.717) is 0 Å². The average Bonchev–Trinajstić information content (AvgIpc) is 2.66. The third kappa shape index (κ3) is 1.17. The molecule has 3 rings (SSSR count). The molecule has 0 aliphatic carbocycles. The summed E-state index contributed by atoms with van der Waals surface area (Å²) in [4.78, 5) is 4.08. The third-order valence-electron chi connectivity index (χ3n) is 2.82. The molecule has 1 aliphatic heterocycles. The summed E-state index contributed by atoms with van der Waals surface area (Å²) in [6.45, 7) is 0.734. The quantitative estimate of drug-likeness (QED) is 0.697. The van der Waals surface area contributed by atoms with E-state index in [1.165, 1.54) is 5.56 Å². The fraction of sp³-hybridized carbons (Fsp3) is 0.273. The molecular weight excluding hydrogens is 188 g/mol. The lowest BCUT2D eigenvalue weighted by Gasteiger charge is -2.18. The predicted octanol–water partition coefficient (Wildman–Crippen LogP) is 1.44. The SMILES string of the molecule is N#CC1CNc2c(cc3cnccn23)C1. The van der Waals surface area contributed by atoms with Gasteiger partial charge in [0.05, 0.1) is 23.7 Å². The van der Waals surface area contributed by atoms with E-state index in [0.717, 1.165) is 24.3 Å². The van der Waals surface area contributed by atoms with E-state index in [2.05, 4.69) is 26.8 Å². The van der Waals surface area contributed by atoms with Crippen molar-refractivity contribution in [1.82, 2.24) is 9.38 Å². The molecule has 0 spiro atoms. The van der Waals surface area contributed by atoms with Crippen LogP contribution in [0.3, 0.4) is 0 Å². The van der Waals surface area contributed by atoms with Crippen LogP contribution >= 0.6 is 0 Å². The minimum absolute atomic E-state index is 0.0860. The second kappa shape index (κ2) is 2.99. The molecule has 1 unspecified atom stereocenters. The van der Waals surface area contributed by atoms with Crippen LogP contribution in [0, 0.1) is 17.2 Å². The Balaban J connectivity index is 2.17. The Kier molecular flexibility index (Phi) is 1.65. The van der Waals surface area contributed by atoms with Gasteiger partial charge in [-0.3, -0.25) is 4.98 Å². The molecule has 0 radical (unpaired) electrons. The summed E-state index contributed by atoms with van der Waals surface area (Å²) < 4.78 is 2.08. The van der Waals surface area contributed by atoms with E-state index in [-0.39, 0.29) is 5.92 Å². The monoisotopic (exact) mass is 198 g/mol. The number of rotatable bonds is 0. The lowest BCUT2D eigenvalue weighted by Crippen LogP contribution is -2.21. The zero-order valence-electron chi connectivity index (χ0n) is 8.14. The van der Waals surface area contributed by atoms with Gasteiger partial charge in [0.25, 0.3) is 0 Å². The van der Waals surface area contributed by atoms with Gasteiger partial charge in [0.1, 0.15) is 5.82 Å². The van der Waals surface area contributed by atoms with Crippen molar-refractivity contribution in [2.24, 2.45) is 5.92 Å². The molecule has 0 bridgehead atoms. The van der Waals surface area contributed by atoms with Crippen LogP contribution in [0.2, 0.25) is 0 Å². The zero-order chi connectivity index (χ0) is 10.3. The lowest BCUT2D eigenvalue weighted by atomic mass is 9.99. The van der Waals surface area contributed by atoms with Gasteiger partial charge in [0, 0.05) is 18.9 Å². The van der Waals surface area contributed by atoms with Crippen molar-refractivity contribution in [2.75, 3.05) is 11.9 Å². The number of nitrogens with zero attached hydrogens (tertiary/aromatic N) is 3. The highest BCUT2D eigenvalue weighted by atomic mass is 15.1. The predicted molar refractivity (Wildman–Crippen MR) is 56.5 cm³/mol. The Morgan fingerprint density at radius 3 is 3.40 bits per heavy atom. The van der Waals surface area contributed by atoms with Crippen molar-refractivity contribution in [2.45, 2.75) is 6.42 Å². The molecule has 2 aromatic heterocycles. The fourth-order valence-corrected chi connectivity index (χ4v) is 2.09. The van der Waals surface area contributed by atoms with E-state index in [4.69, 9.17) is 5.26 Å². The number of hydrogen-bond acceptors (Lipinski definition) is 3. The van der Waals surface area contributed by atoms with Gasteiger partial charge < -0.3 is 9.72 Å². The molecule has 1 aliphatic rings. The highest BCUT2D eigenvalue weighted by molar-refractivity contribution is 5.63. The summed E-state index contributed by atoms with van der Waals surface area (Å²) in [5.74, 6) is 1.20. The summed E-state index contributed by atoms with van der Waals surface area (Å²) in [7, 11) is 0. The number of nitriles is 1. The molecule has 3 heterocycles. The van der Waals surface area contributed by atoms with Crippen LogP contribution in [-0.2, 0) is 6.42 Å². The second-order valence-electron chi connectivity index (χ2n) is 3.80. The Bertz CT molecular complexity index is 549. The molecule has 4 nitrogen and oxygen atoms in total. The molecule has 0 amide bonds. The molecule has 74 valence electrons. The van der Waals surface area contributed by atoms with Crippen LogP contribution in [0.25, 0.3) is 5.52 Å². The first-order valence-electron chi connectivity index (χ1n) is 4.96. The van der Waals surface area contributed by atoms with Crippen molar-refractivity contribution in [3.8, 4) is 6.07 Å². The highest BCUT2D eigenvalue weighted by Gasteiger charge is 2.20. The van der Waals surface area contributed by atoms with E-state index >= 15 is 0 Å². The summed E-state index contributed by atoms with van der Waals surface area (Å²) in [5, 5.41) is 12.2. The number of aromatic nitrogens is 2. The highest BCUT2D eigenvalue weighted by Crippen LogP contribution is 2.27. The van der Waals surface area contributed by atoms with E-state index in [1.54, 1.807) is 6.20 Å². The second-order valence-corrected chi connectivity index (χ2v) is 3.80. The van der Waals surface area contributed by atoms with Gasteiger partial charge in [-0.25, -0.2) is 0 Å². The maximum absolute atomic E-state index is 8.88. The van der Waals surface area contributed by atoms with Crippen molar-refractivity contribution >= 4 is 11.3 Å². The van der Waals surface area contributed by atoms with Gasteiger partial charge in [-0.05, 0) is 18.1 Å². The molecule has 0 saturated carbocycles. The van der Waals surface area contributed by atoms with E-state index in [1.807, 2.05) is 12.4 Å². The number of anilines is 1. The first-order valence-corrected chi connectivity index (χ1v) is 4.96. The van der Waals surface area contributed by atoms with Crippen molar-refractivity contribution in [3.63, 3.8) is 0 Å². The van der Waals surface area contributed by atoms with Gasteiger partial charge in [-0.1, -0.05) is 0 Å². The first-order chi connectivity index (χ1) is 7.38. The minimum atomic E-state index is 0.0860. The van der Waals surface area contributed by atoms with Gasteiger partial charge >= 0.3 is 0 Å². The molecule has 4 heteroatoms. The summed E-state index contributed by atoms with van der Waals surface area (Å²) in [6, 6.07) is 4.40. The molecule has 0 fully saturated rings. The summed E-state index contributed by atoms with van der Waals surface area (Å²) >= 11 is 0. The molecule has 1 N–H and O–H groups in total. The average molecular weight is 198 g/mol. The molecule has 15 heavy (non-hydrogen) atoms. The van der Waals surface area contributed by atoms with Gasteiger partial charge in [0.15, 0.2) is 0 Å². The van der Waals surface area contributed by atoms with Gasteiger partial charge in [0.2, 0.25) is 0 Å². The van der Waals surface area contributed by atoms with Crippen LogP contribution in [-0.4, -0.2) is 15.9 Å². The van der Waals surface area contributed by atoms with E-state index in [9.17, 15) is 0 Å². The maximum atomic E-state index is 8.88. The standard InChI is InChI=1S/C11H10N4/c12-5-8-3-9-4-10-7-13-1-2-15(10)11(9)14-6-8/h1-2,4,7-8,14H,3,6H2. The Hall–Kier alpha value is -2.02. The van der Waals surface area contributed by atoms with Crippen LogP contribution in [0.15, 0.2) is 24.7 Å². The van der Waals surface area contributed by atoms with Crippen LogP contribution < -0.4 is 5.32 Å². The third-order valence-corrected chi connectivity index (χ3v) is 2.82. The summed E-state index contributed by atoms with van der Waals surface area (Å²) in [6.07, 6.45) is 6.38. The van der Waals surface area contributed by atoms with Crippen molar-refractivity contribution < 1.29 is 0 Å².